The quantitative estimate of drug-likeness (QED) is 0.625. The van der Waals surface area contributed by atoms with Crippen LogP contribution in [-0.4, -0.2) is 33.8 Å². The summed E-state index contributed by atoms with van der Waals surface area (Å²) >= 11 is 7.16. The maximum absolute atomic E-state index is 12.9. The van der Waals surface area contributed by atoms with Crippen molar-refractivity contribution in [1.29, 1.82) is 0 Å². The zero-order valence-electron chi connectivity index (χ0n) is 13.1. The first kappa shape index (κ1) is 19.4. The molecule has 132 valence electrons. The molecule has 5 nitrogen and oxygen atoms in total. The summed E-state index contributed by atoms with van der Waals surface area (Å²) in [6, 6.07) is 6.04. The molecule has 0 spiro atoms. The summed E-state index contributed by atoms with van der Waals surface area (Å²) in [7, 11) is -6.67. The van der Waals surface area contributed by atoms with Gasteiger partial charge >= 0.3 is 0 Å². The molecule has 1 aromatic heterocycles. The summed E-state index contributed by atoms with van der Waals surface area (Å²) in [6.07, 6.45) is 2.41. The van der Waals surface area contributed by atoms with Gasteiger partial charge in [-0.05, 0) is 37.1 Å². The number of sulfone groups is 2. The lowest BCUT2D eigenvalue weighted by Crippen LogP contribution is -2.15. The SMILES string of the molecule is CS(=O)(=O)CCCCC(c1cscn1)S(=O)(=O)c1ccc(Cl)cc1. The Morgan fingerprint density at radius 3 is 2.33 bits per heavy atom. The number of aromatic nitrogens is 1. The fourth-order valence-electron chi connectivity index (χ4n) is 2.33. The van der Waals surface area contributed by atoms with Crippen LogP contribution in [0.15, 0.2) is 40.1 Å². The van der Waals surface area contributed by atoms with Gasteiger partial charge in [-0.25, -0.2) is 21.8 Å². The fraction of sp³-hybridized carbons (Fsp3) is 0.400. The van der Waals surface area contributed by atoms with Gasteiger partial charge in [-0.2, -0.15) is 0 Å². The highest BCUT2D eigenvalue weighted by Crippen LogP contribution is 2.33. The van der Waals surface area contributed by atoms with Crippen LogP contribution in [0.1, 0.15) is 30.2 Å². The van der Waals surface area contributed by atoms with E-state index < -0.39 is 24.9 Å². The summed E-state index contributed by atoms with van der Waals surface area (Å²) in [4.78, 5) is 4.34. The summed E-state index contributed by atoms with van der Waals surface area (Å²) in [5.74, 6) is 0.0534. The first-order valence-electron chi connectivity index (χ1n) is 7.25. The zero-order valence-corrected chi connectivity index (χ0v) is 16.3. The minimum absolute atomic E-state index is 0.0534. The third kappa shape index (κ3) is 5.27. The molecule has 0 aliphatic heterocycles. The van der Waals surface area contributed by atoms with E-state index >= 15 is 0 Å². The van der Waals surface area contributed by atoms with Gasteiger partial charge in [0.15, 0.2) is 9.84 Å². The molecule has 0 bridgehead atoms. The lowest BCUT2D eigenvalue weighted by Gasteiger charge is -2.16. The monoisotopic (exact) mass is 407 g/mol. The molecule has 2 aromatic rings. The molecular weight excluding hydrogens is 390 g/mol. The normalized spacial score (nSPS) is 13.8. The van der Waals surface area contributed by atoms with Crippen molar-refractivity contribution in [3.05, 3.63) is 45.9 Å². The van der Waals surface area contributed by atoms with Gasteiger partial charge in [0, 0.05) is 22.4 Å². The maximum Gasteiger partial charge on any atom is 0.186 e. The van der Waals surface area contributed by atoms with Crippen LogP contribution in [0.2, 0.25) is 5.02 Å². The molecule has 1 heterocycles. The number of hydrogen-bond donors (Lipinski definition) is 0. The van der Waals surface area contributed by atoms with E-state index in [4.69, 9.17) is 11.6 Å². The smallest absolute Gasteiger partial charge is 0.186 e. The topological polar surface area (TPSA) is 81.2 Å². The molecule has 0 saturated carbocycles. The van der Waals surface area contributed by atoms with Crippen LogP contribution in [0.4, 0.5) is 0 Å². The molecule has 1 aromatic carbocycles. The third-order valence-corrected chi connectivity index (χ3v) is 7.57. The lowest BCUT2D eigenvalue weighted by atomic mass is 10.1. The minimum atomic E-state index is -3.62. The van der Waals surface area contributed by atoms with Crippen molar-refractivity contribution >= 4 is 42.6 Å². The van der Waals surface area contributed by atoms with Gasteiger partial charge in [-0.15, -0.1) is 11.3 Å². The highest BCUT2D eigenvalue weighted by Gasteiger charge is 2.30. The second-order valence-electron chi connectivity index (χ2n) is 5.53. The van der Waals surface area contributed by atoms with Gasteiger partial charge < -0.3 is 0 Å². The Balaban J connectivity index is 2.21. The van der Waals surface area contributed by atoms with Crippen molar-refractivity contribution in [2.24, 2.45) is 0 Å². The van der Waals surface area contributed by atoms with E-state index in [1.165, 1.54) is 41.9 Å². The van der Waals surface area contributed by atoms with Gasteiger partial charge in [-0.3, -0.25) is 0 Å². The van der Waals surface area contributed by atoms with E-state index in [0.29, 0.717) is 30.0 Å². The maximum atomic E-state index is 12.9. The van der Waals surface area contributed by atoms with Crippen LogP contribution in [0, 0.1) is 0 Å². The van der Waals surface area contributed by atoms with E-state index in [1.807, 2.05) is 0 Å². The average molecular weight is 408 g/mol. The molecule has 0 saturated heterocycles. The van der Waals surface area contributed by atoms with E-state index in [-0.39, 0.29) is 10.6 Å². The van der Waals surface area contributed by atoms with Gasteiger partial charge in [0.2, 0.25) is 0 Å². The second kappa shape index (κ2) is 7.95. The summed E-state index contributed by atoms with van der Waals surface area (Å²) < 4.78 is 48.3. The van der Waals surface area contributed by atoms with Crippen molar-refractivity contribution < 1.29 is 16.8 Å². The highest BCUT2D eigenvalue weighted by atomic mass is 35.5. The molecule has 1 atom stereocenters. The van der Waals surface area contributed by atoms with Gasteiger partial charge in [0.05, 0.1) is 16.1 Å². The molecular formula is C15H18ClNO4S3. The number of unbranched alkanes of at least 4 members (excludes halogenated alkanes) is 1. The molecule has 24 heavy (non-hydrogen) atoms. The molecule has 1 unspecified atom stereocenters. The second-order valence-corrected chi connectivity index (χ2v) is 11.1. The molecule has 0 aliphatic rings. The first-order valence-corrected chi connectivity index (χ1v) is 12.2. The predicted molar refractivity (Wildman–Crippen MR) is 97.1 cm³/mol. The molecule has 0 aliphatic carbocycles. The first-order chi connectivity index (χ1) is 11.2. The Bertz CT molecular complexity index is 860. The Kier molecular flexibility index (Phi) is 6.41. The number of benzene rings is 1. The number of rotatable bonds is 8. The molecule has 9 heteroatoms. The van der Waals surface area contributed by atoms with Crippen molar-refractivity contribution in [2.75, 3.05) is 12.0 Å². The Morgan fingerprint density at radius 2 is 1.79 bits per heavy atom. The van der Waals surface area contributed by atoms with Crippen molar-refractivity contribution in [2.45, 2.75) is 29.4 Å². The molecule has 0 radical (unpaired) electrons. The summed E-state index contributed by atoms with van der Waals surface area (Å²) in [6.45, 7) is 0. The van der Waals surface area contributed by atoms with Crippen LogP contribution in [0.25, 0.3) is 0 Å². The molecule has 0 N–H and O–H groups in total. The van der Waals surface area contributed by atoms with Crippen molar-refractivity contribution in [3.63, 3.8) is 0 Å². The number of nitrogens with zero attached hydrogens (tertiary/aromatic N) is 1. The van der Waals surface area contributed by atoms with Crippen molar-refractivity contribution in [1.82, 2.24) is 4.98 Å². The highest BCUT2D eigenvalue weighted by molar-refractivity contribution is 7.91. The molecule has 0 fully saturated rings. The Morgan fingerprint density at radius 1 is 1.12 bits per heavy atom. The molecule has 0 amide bonds. The Labute approximate surface area is 151 Å². The van der Waals surface area contributed by atoms with Crippen LogP contribution in [0.3, 0.4) is 0 Å². The third-order valence-electron chi connectivity index (χ3n) is 3.53. The van der Waals surface area contributed by atoms with Crippen LogP contribution < -0.4 is 0 Å². The van der Waals surface area contributed by atoms with Crippen LogP contribution in [0.5, 0.6) is 0 Å². The van der Waals surface area contributed by atoms with E-state index in [1.54, 1.807) is 10.9 Å². The fourth-order valence-corrected chi connectivity index (χ4v) is 5.64. The van der Waals surface area contributed by atoms with Crippen LogP contribution in [-0.2, 0) is 19.7 Å². The number of thiazole rings is 1. The standard InChI is InChI=1S/C15H18ClNO4S3/c1-23(18,19)9-3-2-4-15(14-10-22-11-17-14)24(20,21)13-7-5-12(16)6-8-13/h5-8,10-11,15H,2-4,9H2,1H3. The molecule has 2 rings (SSSR count). The van der Waals surface area contributed by atoms with Gasteiger partial charge in [-0.1, -0.05) is 18.0 Å². The van der Waals surface area contributed by atoms with Gasteiger partial charge in [0.1, 0.15) is 15.1 Å². The van der Waals surface area contributed by atoms with E-state index in [0.717, 1.165) is 0 Å². The largest absolute Gasteiger partial charge is 0.248 e. The lowest BCUT2D eigenvalue weighted by molar-refractivity contribution is 0.564. The van der Waals surface area contributed by atoms with Crippen molar-refractivity contribution in [3.8, 4) is 0 Å². The zero-order chi connectivity index (χ0) is 17.8. The predicted octanol–water partition coefficient (Wildman–Crippen LogP) is 3.53. The minimum Gasteiger partial charge on any atom is -0.248 e. The van der Waals surface area contributed by atoms with Crippen LogP contribution >= 0.6 is 22.9 Å². The number of halogens is 1. The summed E-state index contributed by atoms with van der Waals surface area (Å²) in [5.41, 5.74) is 2.09. The Hall–Kier alpha value is -0.960. The number of hydrogen-bond acceptors (Lipinski definition) is 6. The van der Waals surface area contributed by atoms with Gasteiger partial charge in [0.25, 0.3) is 0 Å². The summed E-state index contributed by atoms with van der Waals surface area (Å²) in [5, 5.41) is 1.39. The average Bonchev–Trinajstić information content (AvgIpc) is 3.00. The van der Waals surface area contributed by atoms with E-state index in [2.05, 4.69) is 4.98 Å². The van der Waals surface area contributed by atoms with E-state index in [9.17, 15) is 16.8 Å².